The van der Waals surface area contributed by atoms with E-state index in [4.69, 9.17) is 10.5 Å². The third kappa shape index (κ3) is 7.08. The smallest absolute Gasteiger partial charge is 0.0602 e. The zero-order valence-electron chi connectivity index (χ0n) is 26.4. The van der Waals surface area contributed by atoms with Crippen molar-refractivity contribution in [3.8, 4) is 0 Å². The van der Waals surface area contributed by atoms with Gasteiger partial charge in [-0.05, 0) is 143 Å². The highest BCUT2D eigenvalue weighted by molar-refractivity contribution is 5.12. The average Bonchev–Trinajstić information content (AvgIpc) is 3.29. The molecule has 39 heavy (non-hydrogen) atoms. The summed E-state index contributed by atoms with van der Waals surface area (Å²) in [6.45, 7) is 13.8. The van der Waals surface area contributed by atoms with Crippen LogP contribution in [-0.2, 0) is 4.74 Å². The molecule has 4 fully saturated rings. The molecule has 4 rings (SSSR count). The van der Waals surface area contributed by atoms with E-state index in [9.17, 15) is 5.11 Å². The molecule has 4 nitrogen and oxygen atoms in total. The fraction of sp³-hybridized carbons (Fsp3) is 1.00. The van der Waals surface area contributed by atoms with Crippen molar-refractivity contribution in [1.82, 2.24) is 5.32 Å². The Balaban J connectivity index is 1.26. The van der Waals surface area contributed by atoms with Gasteiger partial charge in [-0.2, -0.15) is 0 Å². The minimum Gasteiger partial charge on any atom is -0.393 e. The fourth-order valence-electron chi connectivity index (χ4n) is 10.5. The molecule has 0 aromatic carbocycles. The molecule has 0 aromatic rings. The second kappa shape index (κ2) is 14.8. The fourth-order valence-corrected chi connectivity index (χ4v) is 10.5. The van der Waals surface area contributed by atoms with E-state index in [1.807, 2.05) is 0 Å². The number of unbranched alkanes of at least 4 members (excludes halogenated alkanes) is 5. The SMILES string of the molecule is CCCCCCCCNCCC[C@@H](C)[C@H]1CC[C@H]2C3CCC4C[C@H](OCCCN)CC[C@]4(C)[C@H]3C[C@H](O)[C@]12C. The van der Waals surface area contributed by atoms with Crippen LogP contribution < -0.4 is 11.1 Å². The monoisotopic (exact) mass is 547 g/mol. The lowest BCUT2D eigenvalue weighted by Gasteiger charge is -2.62. The Hall–Kier alpha value is -0.160. The number of ether oxygens (including phenoxy) is 1. The summed E-state index contributed by atoms with van der Waals surface area (Å²) >= 11 is 0. The van der Waals surface area contributed by atoms with Gasteiger partial charge in [0.15, 0.2) is 0 Å². The molecule has 10 atom stereocenters. The van der Waals surface area contributed by atoms with Crippen molar-refractivity contribution >= 4 is 0 Å². The lowest BCUT2D eigenvalue weighted by molar-refractivity contribution is -0.177. The third-order valence-corrected chi connectivity index (χ3v) is 12.9. The summed E-state index contributed by atoms with van der Waals surface area (Å²) in [6.07, 6.45) is 22.4. The number of aliphatic hydroxyl groups excluding tert-OH is 1. The second-order valence-corrected chi connectivity index (χ2v) is 15.0. The second-order valence-electron chi connectivity index (χ2n) is 15.0. The van der Waals surface area contributed by atoms with Crippen molar-refractivity contribution in [2.45, 2.75) is 149 Å². The first-order chi connectivity index (χ1) is 18.9. The predicted molar refractivity (Wildman–Crippen MR) is 165 cm³/mol. The standard InChI is InChI=1S/C35H66N2O2/c1-5-6-7-8-9-10-21-37-22-11-13-26(2)30-16-17-31-29-15-14-27-24-28(39-23-12-20-36)18-19-34(27,3)32(29)25-33(38)35(30,31)4/h26-33,37-38H,5-25,36H2,1-4H3/t26-,27?,28-,29?,30-,31+,32+,33+,34+,35-/m1/s1. The molecule has 0 saturated heterocycles. The molecule has 0 radical (unpaired) electrons. The van der Waals surface area contributed by atoms with Crippen LogP contribution in [-0.4, -0.2) is 43.6 Å². The highest BCUT2D eigenvalue weighted by Crippen LogP contribution is 2.68. The van der Waals surface area contributed by atoms with Gasteiger partial charge in [0, 0.05) is 6.61 Å². The van der Waals surface area contributed by atoms with Gasteiger partial charge in [0.2, 0.25) is 0 Å². The van der Waals surface area contributed by atoms with Crippen LogP contribution in [0.15, 0.2) is 0 Å². The zero-order valence-corrected chi connectivity index (χ0v) is 26.4. The maximum atomic E-state index is 11.9. The van der Waals surface area contributed by atoms with E-state index in [0.717, 1.165) is 56.2 Å². The molecule has 0 aliphatic heterocycles. The first-order valence-corrected chi connectivity index (χ1v) is 17.6. The molecular formula is C35H66N2O2. The lowest BCUT2D eigenvalue weighted by atomic mass is 9.43. The first-order valence-electron chi connectivity index (χ1n) is 17.6. The maximum Gasteiger partial charge on any atom is 0.0602 e. The van der Waals surface area contributed by atoms with E-state index in [2.05, 4.69) is 33.0 Å². The normalized spacial score (nSPS) is 40.6. The molecule has 4 saturated carbocycles. The molecule has 0 heterocycles. The summed E-state index contributed by atoms with van der Waals surface area (Å²) < 4.78 is 6.24. The minimum atomic E-state index is -0.126. The van der Waals surface area contributed by atoms with Gasteiger partial charge < -0.3 is 20.9 Å². The van der Waals surface area contributed by atoms with Gasteiger partial charge >= 0.3 is 0 Å². The van der Waals surface area contributed by atoms with Gasteiger partial charge in [0.25, 0.3) is 0 Å². The molecule has 228 valence electrons. The summed E-state index contributed by atoms with van der Waals surface area (Å²) in [7, 11) is 0. The van der Waals surface area contributed by atoms with Crippen LogP contribution >= 0.6 is 0 Å². The van der Waals surface area contributed by atoms with Crippen LogP contribution in [0.2, 0.25) is 0 Å². The van der Waals surface area contributed by atoms with Gasteiger partial charge in [-0.3, -0.25) is 0 Å². The maximum absolute atomic E-state index is 11.9. The average molecular weight is 547 g/mol. The zero-order chi connectivity index (χ0) is 27.9. The summed E-state index contributed by atoms with van der Waals surface area (Å²) in [5.41, 5.74) is 6.21. The number of fused-ring (bicyclic) bond motifs is 5. The van der Waals surface area contributed by atoms with Crippen LogP contribution in [0, 0.1) is 46.3 Å². The van der Waals surface area contributed by atoms with E-state index in [1.54, 1.807) is 0 Å². The van der Waals surface area contributed by atoms with Crippen LogP contribution in [0.4, 0.5) is 0 Å². The molecule has 0 spiro atoms. The number of hydrogen-bond acceptors (Lipinski definition) is 4. The van der Waals surface area contributed by atoms with E-state index >= 15 is 0 Å². The highest BCUT2D eigenvalue weighted by atomic mass is 16.5. The molecule has 0 aromatic heterocycles. The van der Waals surface area contributed by atoms with Crippen LogP contribution in [0.1, 0.15) is 137 Å². The van der Waals surface area contributed by atoms with Gasteiger partial charge in [-0.15, -0.1) is 0 Å². The molecule has 4 aliphatic carbocycles. The number of rotatable bonds is 16. The van der Waals surface area contributed by atoms with E-state index in [-0.39, 0.29) is 11.5 Å². The summed E-state index contributed by atoms with van der Waals surface area (Å²) in [6, 6.07) is 0. The number of nitrogens with one attached hydrogen (secondary N) is 1. The number of hydrogen-bond donors (Lipinski definition) is 3. The van der Waals surface area contributed by atoms with Crippen molar-refractivity contribution in [2.75, 3.05) is 26.2 Å². The Morgan fingerprint density at radius 3 is 2.46 bits per heavy atom. The summed E-state index contributed by atoms with van der Waals surface area (Å²) in [5.74, 6) is 4.43. The molecule has 4 N–H and O–H groups in total. The van der Waals surface area contributed by atoms with Crippen LogP contribution in [0.25, 0.3) is 0 Å². The van der Waals surface area contributed by atoms with Gasteiger partial charge in [-0.25, -0.2) is 0 Å². The van der Waals surface area contributed by atoms with Gasteiger partial charge in [0.05, 0.1) is 12.2 Å². The molecule has 0 amide bonds. The largest absolute Gasteiger partial charge is 0.393 e. The molecule has 0 bridgehead atoms. The summed E-state index contributed by atoms with van der Waals surface area (Å²) in [5, 5.41) is 15.6. The number of nitrogens with two attached hydrogens (primary N) is 1. The quantitative estimate of drug-likeness (QED) is 0.173. The van der Waals surface area contributed by atoms with E-state index in [1.165, 1.54) is 103 Å². The predicted octanol–water partition coefficient (Wildman–Crippen LogP) is 7.72. The number of aliphatic hydroxyl groups is 1. The Labute approximate surface area is 242 Å². The molecule has 4 aliphatic rings. The van der Waals surface area contributed by atoms with Crippen molar-refractivity contribution < 1.29 is 9.84 Å². The topological polar surface area (TPSA) is 67.5 Å². The highest BCUT2D eigenvalue weighted by Gasteiger charge is 2.63. The van der Waals surface area contributed by atoms with E-state index < -0.39 is 0 Å². The van der Waals surface area contributed by atoms with Crippen molar-refractivity contribution in [3.63, 3.8) is 0 Å². The van der Waals surface area contributed by atoms with Crippen molar-refractivity contribution in [2.24, 2.45) is 52.1 Å². The summed E-state index contributed by atoms with van der Waals surface area (Å²) in [4.78, 5) is 0. The van der Waals surface area contributed by atoms with Crippen molar-refractivity contribution in [1.29, 1.82) is 0 Å². The van der Waals surface area contributed by atoms with Gasteiger partial charge in [-0.1, -0.05) is 59.8 Å². The Morgan fingerprint density at radius 2 is 1.67 bits per heavy atom. The minimum absolute atomic E-state index is 0.123. The first kappa shape index (κ1) is 31.8. The van der Waals surface area contributed by atoms with Crippen molar-refractivity contribution in [3.05, 3.63) is 0 Å². The van der Waals surface area contributed by atoms with Crippen LogP contribution in [0.3, 0.4) is 0 Å². The Bertz CT molecular complexity index is 717. The molecule has 4 heteroatoms. The molecular weight excluding hydrogens is 480 g/mol. The Morgan fingerprint density at radius 1 is 0.897 bits per heavy atom. The third-order valence-electron chi connectivity index (χ3n) is 12.9. The van der Waals surface area contributed by atoms with Gasteiger partial charge in [0.1, 0.15) is 0 Å². The van der Waals surface area contributed by atoms with Crippen LogP contribution in [0.5, 0.6) is 0 Å². The molecule has 2 unspecified atom stereocenters. The lowest BCUT2D eigenvalue weighted by Crippen LogP contribution is -2.59. The van der Waals surface area contributed by atoms with E-state index in [0.29, 0.717) is 23.4 Å². The Kier molecular flexibility index (Phi) is 12.1.